The quantitative estimate of drug-likeness (QED) is 0.206. The van der Waals surface area contributed by atoms with Gasteiger partial charge in [-0.05, 0) is 12.5 Å². The number of phosphoric ester groups is 2. The Morgan fingerprint density at radius 1 is 1.14 bits per heavy atom. The molecular weight excluding hydrogens is 602 g/mol. The second kappa shape index (κ2) is 11.0. The van der Waals surface area contributed by atoms with E-state index >= 15 is 0 Å². The Morgan fingerprint density at radius 2 is 1.88 bits per heavy atom. The fourth-order valence-electron chi connectivity index (χ4n) is 5.40. The standard InChI is InChI=1S/C21H28N8O11P2/c1-9-12-6-37-42(34,35)40-17-10(4-11(15(17)30)26-13-2-3-23-7-24-13)5-36-41(32,33)39-16(9)20(38-12)29-8-25-14-18(29)27-21(22)28-19(14)31/h2-3,7-12,15-17,20,30H,4-6H2,1H3,(H,32,33)(H,34,35)(H,23,24,26)(H3,22,27,28,31)/t9-,10-,11-,12-,15+,16-,17-,20?/m1/s1. The molecule has 0 aromatic carbocycles. The molecule has 2 bridgehead atoms. The van der Waals surface area contributed by atoms with Crippen molar-refractivity contribution in [1.29, 1.82) is 0 Å². The van der Waals surface area contributed by atoms with Gasteiger partial charge in [-0.1, -0.05) is 6.92 Å². The lowest BCUT2D eigenvalue weighted by atomic mass is 10.0. The Kier molecular flexibility index (Phi) is 7.68. The summed E-state index contributed by atoms with van der Waals surface area (Å²) in [6.45, 7) is 0.618. The lowest BCUT2D eigenvalue weighted by Crippen LogP contribution is -2.37. The number of fused-ring (bicyclic) bond motifs is 4. The molecule has 1 aliphatic carbocycles. The SMILES string of the molecule is C[C@@H]1[C@H]2COP(=O)(O)O[C@@H]3[C@@H](COP(=O)(O)O[C@H]1C(n1cnc4c(=O)[nH]c(N)nc41)O2)C[C@@H](Nc1ccncn1)[C@@H]3O. The van der Waals surface area contributed by atoms with Gasteiger partial charge in [-0.2, -0.15) is 4.98 Å². The van der Waals surface area contributed by atoms with Crippen molar-refractivity contribution in [2.24, 2.45) is 11.8 Å². The molecule has 3 aliphatic rings. The molecule has 19 nitrogen and oxygen atoms in total. The van der Waals surface area contributed by atoms with E-state index in [1.54, 1.807) is 13.0 Å². The maximum absolute atomic E-state index is 13.2. The maximum Gasteiger partial charge on any atom is 0.472 e. The van der Waals surface area contributed by atoms with Crippen molar-refractivity contribution in [3.05, 3.63) is 35.3 Å². The zero-order chi connectivity index (χ0) is 29.8. The third-order valence-electron chi connectivity index (χ3n) is 7.47. The lowest BCUT2D eigenvalue weighted by Gasteiger charge is -2.27. The summed E-state index contributed by atoms with van der Waals surface area (Å²) in [6, 6.07) is 0.831. The molecule has 3 aromatic rings. The predicted molar refractivity (Wildman–Crippen MR) is 140 cm³/mol. The number of ether oxygens (including phenoxy) is 1. The molecule has 6 rings (SSSR count). The van der Waals surface area contributed by atoms with Crippen LogP contribution in [0.3, 0.4) is 0 Å². The van der Waals surface area contributed by atoms with Gasteiger partial charge in [0.05, 0.1) is 31.7 Å². The van der Waals surface area contributed by atoms with Crippen LogP contribution < -0.4 is 16.6 Å². The summed E-state index contributed by atoms with van der Waals surface area (Å²) in [6.07, 6.45) is -1.93. The summed E-state index contributed by atoms with van der Waals surface area (Å²) in [5.74, 6) is -1.38. The average molecular weight is 630 g/mol. The van der Waals surface area contributed by atoms with Crippen LogP contribution in [0.15, 0.2) is 29.7 Å². The van der Waals surface area contributed by atoms with Crippen LogP contribution in [-0.4, -0.2) is 88.1 Å². The summed E-state index contributed by atoms with van der Waals surface area (Å²) < 4.78 is 55.1. The fourth-order valence-corrected chi connectivity index (χ4v) is 7.44. The van der Waals surface area contributed by atoms with Crippen LogP contribution in [0.25, 0.3) is 11.2 Å². The normalized spacial score (nSPS) is 39.2. The van der Waals surface area contributed by atoms with Gasteiger partial charge in [0.25, 0.3) is 5.56 Å². The second-order valence-electron chi connectivity index (χ2n) is 10.2. The van der Waals surface area contributed by atoms with Crippen molar-refractivity contribution in [1.82, 2.24) is 29.5 Å². The van der Waals surface area contributed by atoms with E-state index in [2.05, 4.69) is 30.2 Å². The molecule has 7 N–H and O–H groups in total. The highest BCUT2D eigenvalue weighted by atomic mass is 31.2. The number of hydrogen-bond acceptors (Lipinski definition) is 15. The number of nitrogens with zero attached hydrogens (tertiary/aromatic N) is 5. The van der Waals surface area contributed by atoms with Crippen molar-refractivity contribution < 1.29 is 46.9 Å². The fraction of sp³-hybridized carbons (Fsp3) is 0.571. The first-order valence-electron chi connectivity index (χ1n) is 12.8. The molecule has 42 heavy (non-hydrogen) atoms. The molecule has 3 fully saturated rings. The van der Waals surface area contributed by atoms with Crippen LogP contribution in [0.4, 0.5) is 11.8 Å². The van der Waals surface area contributed by atoms with Gasteiger partial charge in [0.2, 0.25) is 5.95 Å². The maximum atomic E-state index is 13.2. The molecule has 0 amide bonds. The van der Waals surface area contributed by atoms with E-state index in [0.717, 1.165) is 0 Å². The minimum atomic E-state index is -4.82. The molecule has 228 valence electrons. The van der Waals surface area contributed by atoms with Gasteiger partial charge in [0, 0.05) is 18.0 Å². The molecule has 2 saturated heterocycles. The van der Waals surface area contributed by atoms with Crippen molar-refractivity contribution in [2.45, 2.75) is 50.0 Å². The highest BCUT2D eigenvalue weighted by Crippen LogP contribution is 2.55. The Labute approximate surface area is 236 Å². The van der Waals surface area contributed by atoms with Crippen molar-refractivity contribution >= 4 is 38.6 Å². The number of nitrogens with one attached hydrogen (secondary N) is 2. The number of anilines is 2. The molecule has 2 aliphatic heterocycles. The Bertz CT molecular complexity index is 1610. The van der Waals surface area contributed by atoms with E-state index in [9.17, 15) is 28.8 Å². The molecule has 10 atom stereocenters. The molecule has 0 spiro atoms. The van der Waals surface area contributed by atoms with Crippen molar-refractivity contribution in [3.63, 3.8) is 0 Å². The van der Waals surface area contributed by atoms with Crippen LogP contribution >= 0.6 is 15.6 Å². The third-order valence-corrected chi connectivity index (χ3v) is 9.44. The number of nitrogen functional groups attached to an aromatic ring is 1. The van der Waals surface area contributed by atoms with Gasteiger partial charge in [-0.25, -0.2) is 24.1 Å². The van der Waals surface area contributed by atoms with Crippen molar-refractivity contribution in [3.8, 4) is 0 Å². The number of aromatic amines is 1. The number of aliphatic hydroxyl groups excluding tert-OH is 1. The summed E-state index contributed by atoms with van der Waals surface area (Å²) in [5, 5.41) is 14.0. The topological polar surface area (TPSA) is 268 Å². The van der Waals surface area contributed by atoms with Crippen LogP contribution in [0.2, 0.25) is 0 Å². The number of hydrogen-bond donors (Lipinski definition) is 6. The minimum absolute atomic E-state index is 0.0135. The smallest absolute Gasteiger partial charge is 0.388 e. The molecule has 21 heteroatoms. The summed E-state index contributed by atoms with van der Waals surface area (Å²) in [7, 11) is -9.63. The molecule has 3 unspecified atom stereocenters. The lowest BCUT2D eigenvalue weighted by molar-refractivity contribution is -0.0593. The number of aliphatic hydroxyl groups is 1. The zero-order valence-corrected chi connectivity index (χ0v) is 23.7. The van der Waals surface area contributed by atoms with E-state index in [1.165, 1.54) is 23.4 Å². The summed E-state index contributed by atoms with van der Waals surface area (Å²) in [5.41, 5.74) is 5.03. The van der Waals surface area contributed by atoms with Gasteiger partial charge < -0.3 is 30.7 Å². The Balaban J connectivity index is 1.29. The monoisotopic (exact) mass is 630 g/mol. The number of rotatable bonds is 3. The van der Waals surface area contributed by atoms with Crippen LogP contribution in [-0.2, 0) is 32.0 Å². The van der Waals surface area contributed by atoms with E-state index < -0.39 is 82.9 Å². The number of H-pyrrole nitrogens is 1. The second-order valence-corrected chi connectivity index (χ2v) is 13.0. The van der Waals surface area contributed by atoms with Gasteiger partial charge in [0.1, 0.15) is 30.5 Å². The summed E-state index contributed by atoms with van der Waals surface area (Å²) in [4.78, 5) is 52.0. The van der Waals surface area contributed by atoms with Crippen LogP contribution in [0, 0.1) is 11.8 Å². The van der Waals surface area contributed by atoms with E-state index in [1.807, 2.05) is 0 Å². The van der Waals surface area contributed by atoms with Crippen LogP contribution in [0.1, 0.15) is 19.6 Å². The first-order chi connectivity index (χ1) is 19.9. The van der Waals surface area contributed by atoms with E-state index in [-0.39, 0.29) is 23.5 Å². The molecule has 5 heterocycles. The first kappa shape index (κ1) is 29.3. The van der Waals surface area contributed by atoms with Gasteiger partial charge in [-0.3, -0.25) is 32.4 Å². The molecule has 3 aromatic heterocycles. The Morgan fingerprint density at radius 3 is 2.62 bits per heavy atom. The number of nitrogens with two attached hydrogens (primary N) is 1. The largest absolute Gasteiger partial charge is 0.472 e. The van der Waals surface area contributed by atoms with E-state index in [0.29, 0.717) is 5.82 Å². The number of imidazole rings is 1. The van der Waals surface area contributed by atoms with Gasteiger partial charge >= 0.3 is 15.6 Å². The first-order valence-corrected chi connectivity index (χ1v) is 15.8. The number of aromatic nitrogens is 6. The Hall–Kier alpha value is -2.83. The van der Waals surface area contributed by atoms with Crippen LogP contribution in [0.5, 0.6) is 0 Å². The predicted octanol–water partition coefficient (Wildman–Crippen LogP) is -0.0952. The minimum Gasteiger partial charge on any atom is -0.388 e. The average Bonchev–Trinajstić information content (AvgIpc) is 3.57. The molecular formula is C21H28N8O11P2. The molecule has 1 saturated carbocycles. The highest BCUT2D eigenvalue weighted by molar-refractivity contribution is 7.47. The van der Waals surface area contributed by atoms with Gasteiger partial charge in [-0.15, -0.1) is 0 Å². The number of phosphoric acid groups is 2. The summed E-state index contributed by atoms with van der Waals surface area (Å²) >= 11 is 0. The molecule has 0 radical (unpaired) electrons. The van der Waals surface area contributed by atoms with E-state index in [4.69, 9.17) is 28.6 Å². The van der Waals surface area contributed by atoms with Gasteiger partial charge in [0.15, 0.2) is 17.4 Å². The van der Waals surface area contributed by atoms with Crippen molar-refractivity contribution in [2.75, 3.05) is 24.3 Å². The third kappa shape index (κ3) is 5.72. The highest BCUT2D eigenvalue weighted by Gasteiger charge is 2.52. The zero-order valence-electron chi connectivity index (χ0n) is 21.9.